The predicted molar refractivity (Wildman–Crippen MR) is 209 cm³/mol. The summed E-state index contributed by atoms with van der Waals surface area (Å²) in [7, 11) is 0. The minimum absolute atomic E-state index is 0.0458. The van der Waals surface area contributed by atoms with Gasteiger partial charge in [0.05, 0.1) is 33.1 Å². The second kappa shape index (κ2) is 10.3. The van der Waals surface area contributed by atoms with Crippen molar-refractivity contribution in [3.63, 3.8) is 0 Å². The molecule has 52 heavy (non-hydrogen) atoms. The van der Waals surface area contributed by atoms with Crippen LogP contribution in [0.4, 0.5) is 0 Å². The normalized spacial score (nSPS) is 16.7. The molecule has 2 aliphatic rings. The van der Waals surface area contributed by atoms with Gasteiger partial charge in [-0.05, 0) is 102 Å². The molecule has 10 aromatic rings. The van der Waals surface area contributed by atoms with Crippen LogP contribution in [0.3, 0.4) is 0 Å². The summed E-state index contributed by atoms with van der Waals surface area (Å²) >= 11 is 0. The maximum atomic E-state index is 6.49. The van der Waals surface area contributed by atoms with Gasteiger partial charge < -0.3 is 18.3 Å². The Morgan fingerprint density at radius 3 is 1.88 bits per heavy atom. The molecule has 0 bridgehead atoms. The van der Waals surface area contributed by atoms with Crippen LogP contribution in [0.25, 0.3) is 82.8 Å². The number of para-hydroxylation sites is 2. The van der Waals surface area contributed by atoms with Crippen LogP contribution in [0, 0.1) is 0 Å². The Kier molecular flexibility index (Phi) is 5.52. The fourth-order valence-electron chi connectivity index (χ4n) is 8.63. The summed E-state index contributed by atoms with van der Waals surface area (Å²) in [5.41, 5.74) is 13.9. The second-order valence-corrected chi connectivity index (χ2v) is 13.8. The number of fused-ring (bicyclic) bond motifs is 12. The number of nitrogens with zero attached hydrogens (tertiary/aromatic N) is 4. The topological polar surface area (TPSA) is 58.0 Å². The molecule has 6 heterocycles. The molecule has 1 aliphatic carbocycles. The van der Waals surface area contributed by atoms with Crippen molar-refractivity contribution in [1.82, 2.24) is 19.1 Å². The highest BCUT2D eigenvalue weighted by Crippen LogP contribution is 2.46. The highest BCUT2D eigenvalue weighted by Gasteiger charge is 2.34. The van der Waals surface area contributed by atoms with E-state index in [-0.39, 0.29) is 12.0 Å². The van der Waals surface area contributed by atoms with Crippen LogP contribution >= 0.6 is 0 Å². The SMILES string of the molecule is C1=CC2Oc3ccc(-n4c5ccccc5c5ncccc54)cc3C2C=C1c1ccc2oc3ccc(-n4c5ccccc5c5ncccc54)cc3c2c1. The molecule has 6 nitrogen and oxygen atoms in total. The average molecular weight is 669 g/mol. The van der Waals surface area contributed by atoms with E-state index in [9.17, 15) is 0 Å². The van der Waals surface area contributed by atoms with E-state index in [1.54, 1.807) is 0 Å². The van der Waals surface area contributed by atoms with Crippen molar-refractivity contribution >= 4 is 71.4 Å². The van der Waals surface area contributed by atoms with Crippen molar-refractivity contribution in [2.24, 2.45) is 0 Å². The lowest BCUT2D eigenvalue weighted by atomic mass is 9.86. The smallest absolute Gasteiger partial charge is 0.135 e. The van der Waals surface area contributed by atoms with Gasteiger partial charge in [0.1, 0.15) is 23.0 Å². The molecule has 0 amide bonds. The van der Waals surface area contributed by atoms with Crippen LogP contribution in [0.1, 0.15) is 17.0 Å². The molecule has 5 aromatic carbocycles. The second-order valence-electron chi connectivity index (χ2n) is 13.8. The first-order chi connectivity index (χ1) is 25.8. The van der Waals surface area contributed by atoms with Crippen molar-refractivity contribution < 1.29 is 9.15 Å². The lowest BCUT2D eigenvalue weighted by molar-refractivity contribution is 0.269. The summed E-state index contributed by atoms with van der Waals surface area (Å²) in [6, 6.07) is 44.8. The predicted octanol–water partition coefficient (Wildman–Crippen LogP) is 11.1. The highest BCUT2D eigenvalue weighted by atomic mass is 16.5. The zero-order chi connectivity index (χ0) is 33.9. The van der Waals surface area contributed by atoms with E-state index in [0.717, 1.165) is 88.5 Å². The minimum atomic E-state index is -0.0458. The number of aromatic nitrogens is 4. The summed E-state index contributed by atoms with van der Waals surface area (Å²) < 4.78 is 17.5. The molecule has 0 N–H and O–H groups in total. The number of allylic oxidation sites excluding steroid dienone is 2. The van der Waals surface area contributed by atoms with Gasteiger partial charge in [-0.25, -0.2) is 0 Å². The summed E-state index contributed by atoms with van der Waals surface area (Å²) in [6.45, 7) is 0. The monoisotopic (exact) mass is 668 g/mol. The van der Waals surface area contributed by atoms with Gasteiger partial charge in [0.2, 0.25) is 0 Å². The zero-order valence-corrected chi connectivity index (χ0v) is 27.8. The number of benzene rings is 5. The van der Waals surface area contributed by atoms with E-state index in [1.807, 2.05) is 24.5 Å². The fraction of sp³-hybridized carbons (Fsp3) is 0.0435. The molecule has 0 radical (unpaired) electrons. The largest absolute Gasteiger partial charge is 0.485 e. The molecular weight excluding hydrogens is 641 g/mol. The fourth-order valence-corrected chi connectivity index (χ4v) is 8.63. The van der Waals surface area contributed by atoms with Crippen molar-refractivity contribution in [3.8, 4) is 17.1 Å². The third kappa shape index (κ3) is 3.83. The number of hydrogen-bond acceptors (Lipinski definition) is 4. The lowest BCUT2D eigenvalue weighted by Gasteiger charge is -2.19. The van der Waals surface area contributed by atoms with E-state index in [4.69, 9.17) is 19.1 Å². The molecule has 5 aromatic heterocycles. The van der Waals surface area contributed by atoms with Gasteiger partial charge in [-0.1, -0.05) is 54.6 Å². The Labute approximate surface area is 297 Å². The molecule has 0 fully saturated rings. The standard InChI is InChI=1S/C46H28N4O2/c1-3-9-37-31(7-1)45-39(11-5-21-47-45)49(37)29-15-19-43-35(25-29)33-23-27(13-17-41(33)51-43)28-14-18-42-34(24-28)36-26-30(16-20-44(36)52-42)50-38-10-4-2-8-32(38)46-40(50)12-6-22-48-46/h1-26,33,41H. The number of pyridine rings is 2. The molecule has 1 aliphatic heterocycles. The van der Waals surface area contributed by atoms with Crippen molar-refractivity contribution in [2.45, 2.75) is 12.0 Å². The summed E-state index contributed by atoms with van der Waals surface area (Å²) in [5.74, 6) is 1.03. The van der Waals surface area contributed by atoms with Crippen LogP contribution in [0.5, 0.6) is 5.75 Å². The van der Waals surface area contributed by atoms with Crippen LogP contribution < -0.4 is 4.74 Å². The maximum absolute atomic E-state index is 6.49. The van der Waals surface area contributed by atoms with Gasteiger partial charge in [-0.15, -0.1) is 0 Å². The molecule has 6 heteroatoms. The van der Waals surface area contributed by atoms with E-state index in [1.165, 1.54) is 11.1 Å². The molecule has 244 valence electrons. The Balaban J connectivity index is 0.967. The van der Waals surface area contributed by atoms with Gasteiger partial charge in [0, 0.05) is 56.8 Å². The minimum Gasteiger partial charge on any atom is -0.485 e. The lowest BCUT2D eigenvalue weighted by Crippen LogP contribution is -2.17. The number of ether oxygens (including phenoxy) is 1. The van der Waals surface area contributed by atoms with Crippen LogP contribution in [0.15, 0.2) is 162 Å². The van der Waals surface area contributed by atoms with Gasteiger partial charge in [-0.2, -0.15) is 0 Å². The zero-order valence-electron chi connectivity index (χ0n) is 27.8. The average Bonchev–Trinajstić information content (AvgIpc) is 3.94. The van der Waals surface area contributed by atoms with Gasteiger partial charge in [0.25, 0.3) is 0 Å². The molecule has 0 spiro atoms. The number of hydrogen-bond donors (Lipinski definition) is 0. The molecular formula is C46H28N4O2. The van der Waals surface area contributed by atoms with Crippen molar-refractivity contribution in [2.75, 3.05) is 0 Å². The molecule has 2 atom stereocenters. The summed E-state index contributed by atoms with van der Waals surface area (Å²) in [6.07, 6.45) is 10.5. The number of rotatable bonds is 3. The first kappa shape index (κ1) is 27.9. The maximum Gasteiger partial charge on any atom is 0.135 e. The van der Waals surface area contributed by atoms with Crippen LogP contribution in [-0.4, -0.2) is 25.2 Å². The molecule has 12 rings (SSSR count). The van der Waals surface area contributed by atoms with Crippen LogP contribution in [-0.2, 0) is 0 Å². The Morgan fingerprint density at radius 2 is 1.15 bits per heavy atom. The molecule has 0 saturated carbocycles. The van der Waals surface area contributed by atoms with Crippen molar-refractivity contribution in [3.05, 3.63) is 169 Å². The quantitative estimate of drug-likeness (QED) is 0.188. The van der Waals surface area contributed by atoms with E-state index in [0.29, 0.717) is 0 Å². The van der Waals surface area contributed by atoms with E-state index >= 15 is 0 Å². The highest BCUT2D eigenvalue weighted by molar-refractivity contribution is 6.10. The van der Waals surface area contributed by atoms with Gasteiger partial charge >= 0.3 is 0 Å². The third-order valence-corrected chi connectivity index (χ3v) is 11.0. The first-order valence-corrected chi connectivity index (χ1v) is 17.6. The number of furan rings is 1. The van der Waals surface area contributed by atoms with Crippen molar-refractivity contribution in [1.29, 1.82) is 0 Å². The van der Waals surface area contributed by atoms with Gasteiger partial charge in [0.15, 0.2) is 0 Å². The van der Waals surface area contributed by atoms with E-state index < -0.39 is 0 Å². The Bertz CT molecular complexity index is 3090. The molecule has 2 unspecified atom stereocenters. The summed E-state index contributed by atoms with van der Waals surface area (Å²) in [4.78, 5) is 9.48. The summed E-state index contributed by atoms with van der Waals surface area (Å²) in [5, 5.41) is 4.47. The Hall–Kier alpha value is -6.92. The van der Waals surface area contributed by atoms with E-state index in [2.05, 4.69) is 143 Å². The Morgan fingerprint density at radius 1 is 0.538 bits per heavy atom. The van der Waals surface area contributed by atoms with Gasteiger partial charge in [-0.3, -0.25) is 9.97 Å². The first-order valence-electron chi connectivity index (χ1n) is 17.6. The molecule has 0 saturated heterocycles. The van der Waals surface area contributed by atoms with Crippen LogP contribution in [0.2, 0.25) is 0 Å². The third-order valence-electron chi connectivity index (χ3n) is 11.0.